The molecule has 0 radical (unpaired) electrons. The first-order chi connectivity index (χ1) is 8.78. The number of aliphatic hydroxyl groups is 1. The predicted octanol–water partition coefficient (Wildman–Crippen LogP) is 0.761. The molecule has 3 N–H and O–H groups in total. The molecule has 5 nitrogen and oxygen atoms in total. The van der Waals surface area contributed by atoms with Gasteiger partial charge in [0.15, 0.2) is 0 Å². The minimum absolute atomic E-state index is 0.00985. The average molecular weight is 245 g/mol. The van der Waals surface area contributed by atoms with E-state index in [0.717, 1.165) is 16.8 Å². The van der Waals surface area contributed by atoms with E-state index in [0.29, 0.717) is 13.0 Å². The zero-order valence-corrected chi connectivity index (χ0v) is 9.89. The second-order valence-corrected chi connectivity index (χ2v) is 4.01. The topological polar surface area (TPSA) is 78.0 Å². The fraction of sp³-hybridized carbons (Fsp3) is 0.231. The third kappa shape index (κ3) is 3.43. The van der Waals surface area contributed by atoms with Crippen LogP contribution in [0, 0.1) is 0 Å². The number of amides is 1. The lowest BCUT2D eigenvalue weighted by atomic mass is 10.1. The number of rotatable bonds is 5. The van der Waals surface area contributed by atoms with Gasteiger partial charge in [-0.2, -0.15) is 5.10 Å². The van der Waals surface area contributed by atoms with Gasteiger partial charge in [-0.1, -0.05) is 24.3 Å². The van der Waals surface area contributed by atoms with Gasteiger partial charge in [0, 0.05) is 18.4 Å². The van der Waals surface area contributed by atoms with Gasteiger partial charge < -0.3 is 10.4 Å². The number of aromatic amines is 1. The minimum Gasteiger partial charge on any atom is -0.392 e. The molecule has 2 rings (SSSR count). The van der Waals surface area contributed by atoms with Gasteiger partial charge in [0.1, 0.15) is 0 Å². The van der Waals surface area contributed by atoms with Crippen LogP contribution in [-0.2, 0) is 24.4 Å². The number of aliphatic hydroxyl groups excluding tert-OH is 1. The van der Waals surface area contributed by atoms with Crippen molar-refractivity contribution in [1.82, 2.24) is 15.5 Å². The molecule has 0 saturated carbocycles. The summed E-state index contributed by atoms with van der Waals surface area (Å²) in [5.41, 5.74) is 2.60. The molecule has 1 heterocycles. The summed E-state index contributed by atoms with van der Waals surface area (Å²) in [5, 5.41) is 18.4. The van der Waals surface area contributed by atoms with Gasteiger partial charge in [0.25, 0.3) is 0 Å². The Morgan fingerprint density at radius 2 is 2.17 bits per heavy atom. The molecular formula is C13H15N3O2. The number of benzene rings is 1. The monoisotopic (exact) mass is 245 g/mol. The summed E-state index contributed by atoms with van der Waals surface area (Å²) in [6.07, 6.45) is 1.91. The lowest BCUT2D eigenvalue weighted by molar-refractivity contribution is -0.120. The first-order valence-electron chi connectivity index (χ1n) is 5.71. The molecule has 0 unspecified atom stereocenters. The fourth-order valence-electron chi connectivity index (χ4n) is 1.66. The molecule has 0 spiro atoms. The molecule has 18 heavy (non-hydrogen) atoms. The van der Waals surface area contributed by atoms with Crippen molar-refractivity contribution in [3.8, 4) is 0 Å². The smallest absolute Gasteiger partial charge is 0.226 e. The van der Waals surface area contributed by atoms with Gasteiger partial charge in [-0.25, -0.2) is 0 Å². The molecule has 0 bridgehead atoms. The highest BCUT2D eigenvalue weighted by Gasteiger charge is 2.04. The maximum atomic E-state index is 11.6. The zero-order chi connectivity index (χ0) is 12.8. The molecule has 0 saturated heterocycles. The maximum absolute atomic E-state index is 11.6. The predicted molar refractivity (Wildman–Crippen MR) is 66.5 cm³/mol. The number of hydrogen-bond acceptors (Lipinski definition) is 3. The van der Waals surface area contributed by atoms with Crippen LogP contribution in [0.4, 0.5) is 0 Å². The summed E-state index contributed by atoms with van der Waals surface area (Å²) in [6.45, 7) is 0.469. The number of nitrogens with zero attached hydrogens (tertiary/aromatic N) is 1. The van der Waals surface area contributed by atoms with Crippen LogP contribution in [-0.4, -0.2) is 21.2 Å². The molecule has 0 aliphatic heterocycles. The van der Waals surface area contributed by atoms with E-state index in [1.165, 1.54) is 0 Å². The Kier molecular flexibility index (Phi) is 4.09. The summed E-state index contributed by atoms with van der Waals surface area (Å²) in [6, 6.07) is 9.26. The van der Waals surface area contributed by atoms with Gasteiger partial charge in [-0.15, -0.1) is 0 Å². The number of carbonyl (C=O) groups excluding carboxylic acids is 1. The first kappa shape index (κ1) is 12.3. The van der Waals surface area contributed by atoms with Crippen LogP contribution in [0.1, 0.15) is 16.8 Å². The van der Waals surface area contributed by atoms with E-state index >= 15 is 0 Å². The molecule has 0 aliphatic carbocycles. The SMILES string of the molecule is O=C(Cc1ccn[nH]1)NCc1cccc(CO)c1. The largest absolute Gasteiger partial charge is 0.392 e. The lowest BCUT2D eigenvalue weighted by Gasteiger charge is -2.05. The second-order valence-electron chi connectivity index (χ2n) is 4.01. The van der Waals surface area contributed by atoms with Gasteiger partial charge in [0.2, 0.25) is 5.91 Å². The second kappa shape index (κ2) is 5.97. The Labute approximate surface area is 105 Å². The van der Waals surface area contributed by atoms with E-state index in [2.05, 4.69) is 15.5 Å². The molecule has 0 fully saturated rings. The third-order valence-electron chi connectivity index (χ3n) is 2.57. The number of H-pyrrole nitrogens is 1. The van der Waals surface area contributed by atoms with Crippen LogP contribution in [0.25, 0.3) is 0 Å². The van der Waals surface area contributed by atoms with Crippen molar-refractivity contribution in [3.63, 3.8) is 0 Å². The van der Waals surface area contributed by atoms with Crippen molar-refractivity contribution in [2.45, 2.75) is 19.6 Å². The van der Waals surface area contributed by atoms with Crippen LogP contribution < -0.4 is 5.32 Å². The van der Waals surface area contributed by atoms with E-state index in [4.69, 9.17) is 5.11 Å². The number of hydrogen-bond donors (Lipinski definition) is 3. The van der Waals surface area contributed by atoms with Crippen LogP contribution in [0.15, 0.2) is 36.5 Å². The molecule has 1 amide bonds. The number of nitrogens with one attached hydrogen (secondary N) is 2. The van der Waals surface area contributed by atoms with Crippen molar-refractivity contribution in [3.05, 3.63) is 53.3 Å². The first-order valence-corrected chi connectivity index (χ1v) is 5.71. The Bertz CT molecular complexity index is 509. The Balaban J connectivity index is 1.85. The molecule has 0 aliphatic rings. The fourth-order valence-corrected chi connectivity index (χ4v) is 1.66. The van der Waals surface area contributed by atoms with Crippen molar-refractivity contribution >= 4 is 5.91 Å². The van der Waals surface area contributed by atoms with Gasteiger partial charge in [-0.05, 0) is 17.2 Å². The highest BCUT2D eigenvalue weighted by molar-refractivity contribution is 5.78. The molecule has 2 aromatic rings. The highest BCUT2D eigenvalue weighted by Crippen LogP contribution is 2.05. The number of carbonyl (C=O) groups is 1. The summed E-state index contributed by atoms with van der Waals surface area (Å²) in [7, 11) is 0. The molecule has 94 valence electrons. The molecule has 0 atom stereocenters. The van der Waals surface area contributed by atoms with Crippen LogP contribution in [0.3, 0.4) is 0 Å². The van der Waals surface area contributed by atoms with Gasteiger partial charge in [0.05, 0.1) is 13.0 Å². The maximum Gasteiger partial charge on any atom is 0.226 e. The van der Waals surface area contributed by atoms with Crippen molar-refractivity contribution in [1.29, 1.82) is 0 Å². The Morgan fingerprint density at radius 3 is 2.89 bits per heavy atom. The van der Waals surface area contributed by atoms with Crippen molar-refractivity contribution in [2.75, 3.05) is 0 Å². The highest BCUT2D eigenvalue weighted by atomic mass is 16.3. The Morgan fingerprint density at radius 1 is 1.33 bits per heavy atom. The van der Waals surface area contributed by atoms with E-state index in [1.807, 2.05) is 24.3 Å². The normalized spacial score (nSPS) is 10.3. The third-order valence-corrected chi connectivity index (χ3v) is 2.57. The molecule has 1 aromatic heterocycles. The zero-order valence-electron chi connectivity index (χ0n) is 9.89. The lowest BCUT2D eigenvalue weighted by Crippen LogP contribution is -2.24. The minimum atomic E-state index is -0.0614. The standard InChI is InChI=1S/C13H15N3O2/c17-9-11-3-1-2-10(6-11)8-14-13(18)7-12-4-5-15-16-12/h1-6,17H,7-9H2,(H,14,18)(H,15,16). The van der Waals surface area contributed by atoms with E-state index in [-0.39, 0.29) is 12.5 Å². The van der Waals surface area contributed by atoms with Crippen molar-refractivity contribution < 1.29 is 9.90 Å². The quantitative estimate of drug-likeness (QED) is 0.727. The van der Waals surface area contributed by atoms with E-state index in [9.17, 15) is 4.79 Å². The molecule has 5 heteroatoms. The summed E-state index contributed by atoms with van der Waals surface area (Å²) in [5.74, 6) is -0.0614. The average Bonchev–Trinajstić information content (AvgIpc) is 2.89. The van der Waals surface area contributed by atoms with Crippen molar-refractivity contribution in [2.24, 2.45) is 0 Å². The number of aromatic nitrogens is 2. The summed E-state index contributed by atoms with van der Waals surface area (Å²) < 4.78 is 0. The van der Waals surface area contributed by atoms with Gasteiger partial charge in [-0.3, -0.25) is 9.89 Å². The summed E-state index contributed by atoms with van der Waals surface area (Å²) in [4.78, 5) is 11.6. The van der Waals surface area contributed by atoms with Crippen LogP contribution in [0.2, 0.25) is 0 Å². The van der Waals surface area contributed by atoms with E-state index in [1.54, 1.807) is 12.3 Å². The molecular weight excluding hydrogens is 230 g/mol. The Hall–Kier alpha value is -2.14. The summed E-state index contributed by atoms with van der Waals surface area (Å²) >= 11 is 0. The van der Waals surface area contributed by atoms with Crippen LogP contribution in [0.5, 0.6) is 0 Å². The van der Waals surface area contributed by atoms with Crippen LogP contribution >= 0.6 is 0 Å². The van der Waals surface area contributed by atoms with E-state index < -0.39 is 0 Å². The van der Waals surface area contributed by atoms with Gasteiger partial charge >= 0.3 is 0 Å². The molecule has 1 aromatic carbocycles.